The highest BCUT2D eigenvalue weighted by atomic mass is 15.1. The predicted molar refractivity (Wildman–Crippen MR) is 56.8 cm³/mol. The van der Waals surface area contributed by atoms with Crippen LogP contribution in [0.5, 0.6) is 0 Å². The molecule has 4 nitrogen and oxygen atoms in total. The quantitative estimate of drug-likeness (QED) is 0.745. The van der Waals surface area contributed by atoms with E-state index in [9.17, 15) is 0 Å². The monoisotopic (exact) mass is 192 g/mol. The van der Waals surface area contributed by atoms with Crippen molar-refractivity contribution in [2.75, 3.05) is 11.1 Å². The third-order valence-corrected chi connectivity index (χ3v) is 3.14. The highest BCUT2D eigenvalue weighted by molar-refractivity contribution is 5.36. The Morgan fingerprint density at radius 1 is 1.36 bits per heavy atom. The van der Waals surface area contributed by atoms with Crippen LogP contribution in [0.4, 0.5) is 11.6 Å². The van der Waals surface area contributed by atoms with Crippen molar-refractivity contribution in [2.24, 2.45) is 11.8 Å². The molecule has 1 heterocycles. The number of nitrogens with one attached hydrogen (secondary N) is 1. The molecule has 76 valence electrons. The van der Waals surface area contributed by atoms with Gasteiger partial charge in [0.15, 0.2) is 0 Å². The van der Waals surface area contributed by atoms with E-state index >= 15 is 0 Å². The molecule has 4 heteroatoms. The Morgan fingerprint density at radius 3 is 2.50 bits per heavy atom. The summed E-state index contributed by atoms with van der Waals surface area (Å²) >= 11 is 0. The summed E-state index contributed by atoms with van der Waals surface area (Å²) in [6, 6.07) is 0.522. The fraction of sp³-hybridized carbons (Fsp3) is 0.600. The average Bonchev–Trinajstić information content (AvgIpc) is 2.20. The number of anilines is 2. The molecule has 3 unspecified atom stereocenters. The Balaban J connectivity index is 1.95. The first-order valence-corrected chi connectivity index (χ1v) is 5.01. The molecule has 3 N–H and O–H groups in total. The van der Waals surface area contributed by atoms with Crippen molar-refractivity contribution >= 4 is 11.6 Å². The Bertz CT molecular complexity index is 308. The number of aromatic nitrogens is 2. The lowest BCUT2D eigenvalue weighted by atomic mass is 9.71. The van der Waals surface area contributed by atoms with Gasteiger partial charge in [0.2, 0.25) is 5.95 Å². The van der Waals surface area contributed by atoms with Gasteiger partial charge in [-0.05, 0) is 18.3 Å². The SMILES string of the molecule is CC1CC(Nc2ncc(N)cn2)C1C. The summed E-state index contributed by atoms with van der Waals surface area (Å²) < 4.78 is 0. The number of rotatable bonds is 2. The molecule has 0 radical (unpaired) electrons. The first-order valence-electron chi connectivity index (χ1n) is 5.01. The maximum absolute atomic E-state index is 5.50. The number of nitrogens with zero attached hydrogens (tertiary/aromatic N) is 2. The first kappa shape index (κ1) is 9.24. The molecule has 1 aromatic heterocycles. The van der Waals surface area contributed by atoms with Crippen LogP contribution >= 0.6 is 0 Å². The molecular weight excluding hydrogens is 176 g/mol. The minimum atomic E-state index is 0.522. The van der Waals surface area contributed by atoms with Gasteiger partial charge in [-0.25, -0.2) is 9.97 Å². The third-order valence-electron chi connectivity index (χ3n) is 3.14. The molecule has 1 saturated carbocycles. The second-order valence-corrected chi connectivity index (χ2v) is 4.16. The number of nitrogens with two attached hydrogens (primary N) is 1. The van der Waals surface area contributed by atoms with Crippen molar-refractivity contribution in [3.05, 3.63) is 12.4 Å². The Kier molecular flexibility index (Phi) is 2.27. The lowest BCUT2D eigenvalue weighted by Gasteiger charge is -2.41. The molecule has 1 aliphatic rings. The van der Waals surface area contributed by atoms with Crippen molar-refractivity contribution in [1.29, 1.82) is 0 Å². The lowest BCUT2D eigenvalue weighted by molar-refractivity contribution is 0.188. The van der Waals surface area contributed by atoms with Crippen molar-refractivity contribution in [2.45, 2.75) is 26.3 Å². The van der Waals surface area contributed by atoms with Crippen LogP contribution in [0.15, 0.2) is 12.4 Å². The summed E-state index contributed by atoms with van der Waals surface area (Å²) in [6.45, 7) is 4.52. The molecule has 0 bridgehead atoms. The van der Waals surface area contributed by atoms with Gasteiger partial charge in [0.1, 0.15) is 0 Å². The van der Waals surface area contributed by atoms with E-state index in [0.717, 1.165) is 5.92 Å². The van der Waals surface area contributed by atoms with Crippen LogP contribution in [0.25, 0.3) is 0 Å². The van der Waals surface area contributed by atoms with Crippen LogP contribution in [-0.2, 0) is 0 Å². The summed E-state index contributed by atoms with van der Waals surface area (Å²) in [5.74, 6) is 2.19. The van der Waals surface area contributed by atoms with Crippen molar-refractivity contribution in [1.82, 2.24) is 9.97 Å². The smallest absolute Gasteiger partial charge is 0.222 e. The minimum Gasteiger partial charge on any atom is -0.396 e. The normalized spacial score (nSPS) is 30.9. The van der Waals surface area contributed by atoms with Crippen LogP contribution in [0.2, 0.25) is 0 Å². The molecular formula is C10H16N4. The van der Waals surface area contributed by atoms with Gasteiger partial charge in [0.25, 0.3) is 0 Å². The minimum absolute atomic E-state index is 0.522. The van der Waals surface area contributed by atoms with Gasteiger partial charge in [-0.1, -0.05) is 13.8 Å². The van der Waals surface area contributed by atoms with E-state index in [1.54, 1.807) is 12.4 Å². The molecule has 1 fully saturated rings. The van der Waals surface area contributed by atoms with Crippen molar-refractivity contribution < 1.29 is 0 Å². The molecule has 3 atom stereocenters. The molecule has 0 aliphatic heterocycles. The van der Waals surface area contributed by atoms with E-state index in [2.05, 4.69) is 29.1 Å². The Labute approximate surface area is 83.9 Å². The molecule has 0 amide bonds. The van der Waals surface area contributed by atoms with Gasteiger partial charge in [-0.2, -0.15) is 0 Å². The summed E-state index contributed by atoms with van der Waals surface area (Å²) in [4.78, 5) is 8.22. The van der Waals surface area contributed by atoms with Gasteiger partial charge >= 0.3 is 0 Å². The van der Waals surface area contributed by atoms with Crippen molar-refractivity contribution in [3.63, 3.8) is 0 Å². The zero-order valence-electron chi connectivity index (χ0n) is 8.57. The van der Waals surface area contributed by atoms with Gasteiger partial charge < -0.3 is 11.1 Å². The van der Waals surface area contributed by atoms with E-state index in [1.807, 2.05) is 0 Å². The van der Waals surface area contributed by atoms with Crippen LogP contribution in [-0.4, -0.2) is 16.0 Å². The second-order valence-electron chi connectivity index (χ2n) is 4.16. The van der Waals surface area contributed by atoms with E-state index in [0.29, 0.717) is 23.6 Å². The third kappa shape index (κ3) is 1.64. The molecule has 1 aromatic rings. The predicted octanol–water partition coefficient (Wildman–Crippen LogP) is 1.52. The van der Waals surface area contributed by atoms with Gasteiger partial charge in [-0.3, -0.25) is 0 Å². The number of hydrogen-bond donors (Lipinski definition) is 2. The van der Waals surface area contributed by atoms with E-state index in [-0.39, 0.29) is 0 Å². The highest BCUT2D eigenvalue weighted by Crippen LogP contribution is 2.35. The zero-order chi connectivity index (χ0) is 10.1. The summed E-state index contributed by atoms with van der Waals surface area (Å²) in [7, 11) is 0. The van der Waals surface area contributed by atoms with Crippen molar-refractivity contribution in [3.8, 4) is 0 Å². The second kappa shape index (κ2) is 3.44. The standard InChI is InChI=1S/C10H16N4/c1-6-3-9(7(6)2)14-10-12-4-8(11)5-13-10/h4-7,9H,3,11H2,1-2H3,(H,12,13,14). The van der Waals surface area contributed by atoms with E-state index < -0.39 is 0 Å². The number of nitrogen functional groups attached to an aromatic ring is 1. The van der Waals surface area contributed by atoms with E-state index in [4.69, 9.17) is 5.73 Å². The Morgan fingerprint density at radius 2 is 2.00 bits per heavy atom. The van der Waals surface area contributed by atoms with Gasteiger partial charge in [-0.15, -0.1) is 0 Å². The molecule has 0 saturated heterocycles. The maximum atomic E-state index is 5.50. The van der Waals surface area contributed by atoms with E-state index in [1.165, 1.54) is 6.42 Å². The first-order chi connectivity index (χ1) is 6.66. The van der Waals surface area contributed by atoms with Crippen LogP contribution in [0, 0.1) is 11.8 Å². The molecule has 1 aliphatic carbocycles. The molecule has 0 spiro atoms. The zero-order valence-corrected chi connectivity index (χ0v) is 8.57. The molecule has 14 heavy (non-hydrogen) atoms. The van der Waals surface area contributed by atoms with Crippen LogP contribution in [0.1, 0.15) is 20.3 Å². The highest BCUT2D eigenvalue weighted by Gasteiger charge is 2.34. The van der Waals surface area contributed by atoms with Gasteiger partial charge in [0.05, 0.1) is 18.1 Å². The summed E-state index contributed by atoms with van der Waals surface area (Å²) in [6.07, 6.45) is 4.46. The number of hydrogen-bond acceptors (Lipinski definition) is 4. The largest absolute Gasteiger partial charge is 0.396 e. The molecule has 2 rings (SSSR count). The summed E-state index contributed by atoms with van der Waals surface area (Å²) in [5.41, 5.74) is 6.10. The van der Waals surface area contributed by atoms with Gasteiger partial charge in [0, 0.05) is 6.04 Å². The lowest BCUT2D eigenvalue weighted by Crippen LogP contribution is -2.43. The average molecular weight is 192 g/mol. The fourth-order valence-corrected chi connectivity index (χ4v) is 1.80. The maximum Gasteiger partial charge on any atom is 0.222 e. The van der Waals surface area contributed by atoms with Crippen LogP contribution < -0.4 is 11.1 Å². The summed E-state index contributed by atoms with van der Waals surface area (Å²) in [5, 5.41) is 3.31. The topological polar surface area (TPSA) is 63.8 Å². The Hall–Kier alpha value is -1.32. The fourth-order valence-electron chi connectivity index (χ4n) is 1.80. The van der Waals surface area contributed by atoms with Crippen LogP contribution in [0.3, 0.4) is 0 Å². The molecule has 0 aromatic carbocycles.